The Morgan fingerprint density at radius 1 is 0.353 bits per heavy atom. The van der Waals surface area contributed by atoms with Gasteiger partial charge in [0, 0.05) is 27.9 Å². The fourth-order valence-corrected chi connectivity index (χ4v) is 9.17. The van der Waals surface area contributed by atoms with E-state index in [1.807, 2.05) is 0 Å². The molecular weight excluding hydrogens is 615 g/mol. The summed E-state index contributed by atoms with van der Waals surface area (Å²) in [5, 5.41) is 5.18. The lowest BCUT2D eigenvalue weighted by Crippen LogP contribution is -2.17. The topological polar surface area (TPSA) is 3.24 Å². The Balaban J connectivity index is 1.17. The molecule has 0 N–H and O–H groups in total. The maximum atomic E-state index is 2.46. The molecule has 0 aromatic heterocycles. The fourth-order valence-electron chi connectivity index (χ4n) is 9.17. The zero-order valence-electron chi connectivity index (χ0n) is 29.5. The largest absolute Gasteiger partial charge is 0.310 e. The molecule has 0 saturated carbocycles. The summed E-state index contributed by atoms with van der Waals surface area (Å²) < 4.78 is 0. The lowest BCUT2D eigenvalue weighted by atomic mass is 9.80. The molecule has 0 aliphatic heterocycles. The molecule has 0 unspecified atom stereocenters. The normalized spacial score (nSPS) is 14.6. The molecule has 0 atom stereocenters. The highest BCUT2D eigenvalue weighted by molar-refractivity contribution is 6.00. The van der Waals surface area contributed by atoms with Crippen molar-refractivity contribution in [2.24, 2.45) is 0 Å². The van der Waals surface area contributed by atoms with E-state index < -0.39 is 0 Å². The Kier molecular flexibility index (Phi) is 6.34. The van der Waals surface area contributed by atoms with E-state index in [4.69, 9.17) is 0 Å². The molecule has 0 amide bonds. The first-order valence-corrected chi connectivity index (χ1v) is 18.1. The molecule has 0 radical (unpaired) electrons. The van der Waals surface area contributed by atoms with Crippen LogP contribution in [0.5, 0.6) is 0 Å². The second-order valence-electron chi connectivity index (χ2n) is 15.4. The molecular formula is C50H39N. The second kappa shape index (κ2) is 10.8. The van der Waals surface area contributed by atoms with Gasteiger partial charge in [-0.05, 0) is 126 Å². The molecule has 51 heavy (non-hydrogen) atoms. The van der Waals surface area contributed by atoms with E-state index >= 15 is 0 Å². The van der Waals surface area contributed by atoms with Crippen LogP contribution in [0.25, 0.3) is 54.9 Å². The van der Waals surface area contributed by atoms with Gasteiger partial charge in [0.25, 0.3) is 0 Å². The van der Waals surface area contributed by atoms with Gasteiger partial charge in [0.15, 0.2) is 0 Å². The van der Waals surface area contributed by atoms with Crippen molar-refractivity contribution in [3.05, 3.63) is 186 Å². The van der Waals surface area contributed by atoms with Crippen LogP contribution in [0, 0.1) is 0 Å². The lowest BCUT2D eigenvalue weighted by Gasteiger charge is -2.29. The quantitative estimate of drug-likeness (QED) is 0.183. The van der Waals surface area contributed by atoms with Crippen LogP contribution >= 0.6 is 0 Å². The first-order chi connectivity index (χ1) is 24.8. The van der Waals surface area contributed by atoms with E-state index in [1.54, 1.807) is 0 Å². The van der Waals surface area contributed by atoms with Gasteiger partial charge in [0.05, 0.1) is 0 Å². The van der Waals surface area contributed by atoms with Crippen molar-refractivity contribution in [3.8, 4) is 33.4 Å². The monoisotopic (exact) mass is 653 g/mol. The molecule has 2 aliphatic carbocycles. The van der Waals surface area contributed by atoms with Gasteiger partial charge in [0.2, 0.25) is 0 Å². The highest BCUT2D eigenvalue weighted by atomic mass is 15.1. The smallest absolute Gasteiger partial charge is 0.0468 e. The standard InChI is InChI=1S/C50H39N/c1-49(2)46-29-36-15-9-8-14-35(36)28-44(46)41-27-25-39(31-47(41)49)51(37-22-18-33(19-23-37)32-12-6-5-7-13-32)38-24-20-34-21-26-42-40-16-10-11-17-45(40)50(3,4)48(42)43(34)30-38/h5-31H,1-4H3. The summed E-state index contributed by atoms with van der Waals surface area (Å²) >= 11 is 0. The van der Waals surface area contributed by atoms with E-state index in [2.05, 4.69) is 196 Å². The first kappa shape index (κ1) is 29.9. The maximum Gasteiger partial charge on any atom is 0.0468 e. The van der Waals surface area contributed by atoms with Crippen LogP contribution in [-0.4, -0.2) is 0 Å². The summed E-state index contributed by atoms with van der Waals surface area (Å²) in [6.07, 6.45) is 0. The highest BCUT2D eigenvalue weighted by Crippen LogP contribution is 2.54. The number of anilines is 3. The molecule has 2 aliphatic rings. The number of benzene rings is 8. The van der Waals surface area contributed by atoms with Crippen molar-refractivity contribution in [2.45, 2.75) is 38.5 Å². The number of hydrogen-bond donors (Lipinski definition) is 0. The average Bonchev–Trinajstić information content (AvgIpc) is 3.53. The summed E-state index contributed by atoms with van der Waals surface area (Å²) in [5.41, 5.74) is 16.7. The summed E-state index contributed by atoms with van der Waals surface area (Å²) in [6, 6.07) is 61.0. The van der Waals surface area contributed by atoms with Crippen LogP contribution < -0.4 is 4.90 Å². The van der Waals surface area contributed by atoms with Gasteiger partial charge in [0.1, 0.15) is 0 Å². The zero-order valence-corrected chi connectivity index (χ0v) is 29.5. The first-order valence-electron chi connectivity index (χ1n) is 18.1. The van der Waals surface area contributed by atoms with Gasteiger partial charge in [-0.25, -0.2) is 0 Å². The van der Waals surface area contributed by atoms with Crippen LogP contribution in [0.2, 0.25) is 0 Å². The van der Waals surface area contributed by atoms with E-state index in [1.165, 1.54) is 82.9 Å². The third-order valence-corrected chi connectivity index (χ3v) is 11.8. The molecule has 1 heteroatoms. The summed E-state index contributed by atoms with van der Waals surface area (Å²) in [7, 11) is 0. The van der Waals surface area contributed by atoms with Crippen molar-refractivity contribution in [2.75, 3.05) is 4.90 Å². The van der Waals surface area contributed by atoms with Gasteiger partial charge in [-0.15, -0.1) is 0 Å². The van der Waals surface area contributed by atoms with Crippen LogP contribution in [0.1, 0.15) is 49.9 Å². The Morgan fingerprint density at radius 3 is 1.73 bits per heavy atom. The van der Waals surface area contributed by atoms with Gasteiger partial charge < -0.3 is 4.90 Å². The summed E-state index contributed by atoms with van der Waals surface area (Å²) in [4.78, 5) is 2.46. The minimum Gasteiger partial charge on any atom is -0.310 e. The van der Waals surface area contributed by atoms with Crippen LogP contribution in [0.3, 0.4) is 0 Å². The van der Waals surface area contributed by atoms with Gasteiger partial charge >= 0.3 is 0 Å². The molecule has 1 nitrogen and oxygen atoms in total. The predicted molar refractivity (Wildman–Crippen MR) is 217 cm³/mol. The van der Waals surface area contributed by atoms with Crippen LogP contribution in [-0.2, 0) is 10.8 Å². The Hall–Kier alpha value is -5.92. The van der Waals surface area contributed by atoms with Crippen molar-refractivity contribution >= 4 is 38.6 Å². The van der Waals surface area contributed by atoms with E-state index in [-0.39, 0.29) is 10.8 Å². The number of nitrogens with zero attached hydrogens (tertiary/aromatic N) is 1. The average molecular weight is 654 g/mol. The van der Waals surface area contributed by atoms with E-state index in [0.717, 1.165) is 11.4 Å². The van der Waals surface area contributed by atoms with E-state index in [9.17, 15) is 0 Å². The molecule has 0 heterocycles. The van der Waals surface area contributed by atoms with Gasteiger partial charge in [-0.3, -0.25) is 0 Å². The van der Waals surface area contributed by atoms with Crippen LogP contribution in [0.4, 0.5) is 17.1 Å². The molecule has 0 spiro atoms. The minimum atomic E-state index is -0.131. The predicted octanol–water partition coefficient (Wildman–Crippen LogP) is 13.7. The van der Waals surface area contributed by atoms with Gasteiger partial charge in [-0.1, -0.05) is 143 Å². The lowest BCUT2D eigenvalue weighted by molar-refractivity contribution is 0.661. The second-order valence-corrected chi connectivity index (χ2v) is 15.4. The van der Waals surface area contributed by atoms with Crippen molar-refractivity contribution in [1.82, 2.24) is 0 Å². The Bertz CT molecular complexity index is 2680. The molecule has 0 fully saturated rings. The number of fused-ring (bicyclic) bond motifs is 9. The Morgan fingerprint density at radius 2 is 0.922 bits per heavy atom. The Labute approximate surface area is 300 Å². The molecule has 8 aromatic carbocycles. The third-order valence-electron chi connectivity index (χ3n) is 11.8. The molecule has 0 bridgehead atoms. The zero-order chi connectivity index (χ0) is 34.5. The van der Waals surface area contributed by atoms with Crippen molar-refractivity contribution in [3.63, 3.8) is 0 Å². The van der Waals surface area contributed by atoms with Crippen LogP contribution in [0.15, 0.2) is 164 Å². The molecule has 8 aromatic rings. The summed E-state index contributed by atoms with van der Waals surface area (Å²) in [5.74, 6) is 0. The highest BCUT2D eigenvalue weighted by Gasteiger charge is 2.38. The van der Waals surface area contributed by atoms with Crippen molar-refractivity contribution < 1.29 is 0 Å². The number of rotatable bonds is 4. The number of hydrogen-bond acceptors (Lipinski definition) is 1. The molecule has 10 rings (SSSR count). The third kappa shape index (κ3) is 4.41. The minimum absolute atomic E-state index is 0.0981. The van der Waals surface area contributed by atoms with Crippen molar-refractivity contribution in [1.29, 1.82) is 0 Å². The van der Waals surface area contributed by atoms with Gasteiger partial charge in [-0.2, -0.15) is 0 Å². The molecule has 0 saturated heterocycles. The molecule has 244 valence electrons. The maximum absolute atomic E-state index is 2.46. The fraction of sp³-hybridized carbons (Fsp3) is 0.120. The SMILES string of the molecule is CC1(C)c2cc(N(c3ccc(-c4ccccc4)cc3)c3ccc4ccc5c(c4c3)C(C)(C)c3ccccc3-5)ccc2-c2cc3ccccc3cc21. The van der Waals surface area contributed by atoms with E-state index in [0.29, 0.717) is 0 Å². The summed E-state index contributed by atoms with van der Waals surface area (Å²) in [6.45, 7) is 9.53.